The third-order valence-electron chi connectivity index (χ3n) is 4.13. The summed E-state index contributed by atoms with van der Waals surface area (Å²) in [5.41, 5.74) is 1.36. The predicted molar refractivity (Wildman–Crippen MR) is 78.9 cm³/mol. The summed E-state index contributed by atoms with van der Waals surface area (Å²) in [6, 6.07) is 8.33. The van der Waals surface area contributed by atoms with Gasteiger partial charge in [0, 0.05) is 6.42 Å². The maximum Gasteiger partial charge on any atom is 0.306 e. The summed E-state index contributed by atoms with van der Waals surface area (Å²) in [5, 5.41) is 0. The summed E-state index contributed by atoms with van der Waals surface area (Å²) in [5.74, 6) is 1.88. The van der Waals surface area contributed by atoms with E-state index in [1.807, 2.05) is 19.1 Å². The standard InChI is InChI=1S/C17H24O3/c1-3-20-17(18)12-13-5-4-6-15(11-13)14-7-9-16(19-2)10-8-14/h7-10,13,15H,3-6,11-12H2,1-2H3. The lowest BCUT2D eigenvalue weighted by Crippen LogP contribution is -2.18. The number of hydrogen-bond donors (Lipinski definition) is 0. The minimum Gasteiger partial charge on any atom is -0.497 e. The molecule has 110 valence electrons. The Bertz CT molecular complexity index is 424. The van der Waals surface area contributed by atoms with Crippen LogP contribution in [0.15, 0.2) is 24.3 Å². The van der Waals surface area contributed by atoms with Gasteiger partial charge in [-0.15, -0.1) is 0 Å². The lowest BCUT2D eigenvalue weighted by molar-refractivity contribution is -0.144. The molecule has 0 saturated heterocycles. The summed E-state index contributed by atoms with van der Waals surface area (Å²) in [4.78, 5) is 11.6. The SMILES string of the molecule is CCOC(=O)CC1CCCC(c2ccc(OC)cc2)C1. The fourth-order valence-corrected chi connectivity index (χ4v) is 3.11. The minimum absolute atomic E-state index is 0.0483. The van der Waals surface area contributed by atoms with Gasteiger partial charge in [-0.2, -0.15) is 0 Å². The smallest absolute Gasteiger partial charge is 0.306 e. The third kappa shape index (κ3) is 3.99. The molecule has 0 N–H and O–H groups in total. The molecule has 0 spiro atoms. The van der Waals surface area contributed by atoms with Gasteiger partial charge in [-0.25, -0.2) is 0 Å². The molecule has 3 heteroatoms. The van der Waals surface area contributed by atoms with Gasteiger partial charge >= 0.3 is 5.97 Å². The Kier molecular flexibility index (Phi) is 5.45. The summed E-state index contributed by atoms with van der Waals surface area (Å²) in [6.07, 6.45) is 5.21. The van der Waals surface area contributed by atoms with Crippen molar-refractivity contribution in [2.24, 2.45) is 5.92 Å². The van der Waals surface area contributed by atoms with E-state index in [1.54, 1.807) is 7.11 Å². The van der Waals surface area contributed by atoms with Crippen LogP contribution in [-0.4, -0.2) is 19.7 Å². The molecule has 1 fully saturated rings. The van der Waals surface area contributed by atoms with Crippen LogP contribution in [0.2, 0.25) is 0 Å². The molecule has 1 aromatic rings. The molecule has 1 saturated carbocycles. The molecule has 0 bridgehead atoms. The first kappa shape index (κ1) is 14.9. The van der Waals surface area contributed by atoms with E-state index < -0.39 is 0 Å². The van der Waals surface area contributed by atoms with Crippen LogP contribution in [0.4, 0.5) is 0 Å². The van der Waals surface area contributed by atoms with Gasteiger partial charge in [0.05, 0.1) is 13.7 Å². The van der Waals surface area contributed by atoms with Crippen LogP contribution in [0.25, 0.3) is 0 Å². The Morgan fingerprint density at radius 3 is 2.65 bits per heavy atom. The first-order chi connectivity index (χ1) is 9.72. The molecule has 0 aromatic heterocycles. The molecule has 20 heavy (non-hydrogen) atoms. The number of rotatable bonds is 5. The fraction of sp³-hybridized carbons (Fsp3) is 0.588. The van der Waals surface area contributed by atoms with Crippen molar-refractivity contribution in [2.75, 3.05) is 13.7 Å². The van der Waals surface area contributed by atoms with Crippen molar-refractivity contribution >= 4 is 5.97 Å². The Labute approximate surface area is 121 Å². The molecule has 1 aliphatic rings. The second-order valence-corrected chi connectivity index (χ2v) is 5.51. The summed E-state index contributed by atoms with van der Waals surface area (Å²) < 4.78 is 10.3. The number of carbonyl (C=O) groups excluding carboxylic acids is 1. The van der Waals surface area contributed by atoms with Gasteiger partial charge in [0.1, 0.15) is 5.75 Å². The predicted octanol–water partition coefficient (Wildman–Crippen LogP) is 3.92. The van der Waals surface area contributed by atoms with Crippen LogP contribution in [0.3, 0.4) is 0 Å². The number of esters is 1. The topological polar surface area (TPSA) is 35.5 Å². The van der Waals surface area contributed by atoms with E-state index >= 15 is 0 Å². The second kappa shape index (κ2) is 7.32. The van der Waals surface area contributed by atoms with E-state index in [1.165, 1.54) is 18.4 Å². The zero-order valence-corrected chi connectivity index (χ0v) is 12.4. The summed E-state index contributed by atoms with van der Waals surface area (Å²) in [7, 11) is 1.69. The van der Waals surface area contributed by atoms with Gasteiger partial charge in [-0.1, -0.05) is 18.6 Å². The van der Waals surface area contributed by atoms with Gasteiger partial charge in [0.2, 0.25) is 0 Å². The fourth-order valence-electron chi connectivity index (χ4n) is 3.11. The van der Waals surface area contributed by atoms with E-state index in [0.717, 1.165) is 18.6 Å². The molecule has 1 aliphatic carbocycles. The van der Waals surface area contributed by atoms with Crippen molar-refractivity contribution in [3.05, 3.63) is 29.8 Å². The number of benzene rings is 1. The van der Waals surface area contributed by atoms with Crippen LogP contribution in [0.5, 0.6) is 5.75 Å². The molecule has 0 radical (unpaired) electrons. The molecule has 0 heterocycles. The minimum atomic E-state index is -0.0483. The van der Waals surface area contributed by atoms with Gasteiger partial charge in [0.15, 0.2) is 0 Å². The zero-order chi connectivity index (χ0) is 14.4. The van der Waals surface area contributed by atoms with E-state index in [2.05, 4.69) is 12.1 Å². The highest BCUT2D eigenvalue weighted by atomic mass is 16.5. The Morgan fingerprint density at radius 1 is 1.25 bits per heavy atom. The van der Waals surface area contributed by atoms with Crippen molar-refractivity contribution < 1.29 is 14.3 Å². The van der Waals surface area contributed by atoms with E-state index in [-0.39, 0.29) is 5.97 Å². The monoisotopic (exact) mass is 276 g/mol. The van der Waals surface area contributed by atoms with Gasteiger partial charge in [-0.05, 0) is 55.7 Å². The van der Waals surface area contributed by atoms with E-state index in [4.69, 9.17) is 9.47 Å². The largest absolute Gasteiger partial charge is 0.497 e. The van der Waals surface area contributed by atoms with E-state index in [9.17, 15) is 4.79 Å². The van der Waals surface area contributed by atoms with Crippen molar-refractivity contribution in [1.29, 1.82) is 0 Å². The van der Waals surface area contributed by atoms with Gasteiger partial charge in [0.25, 0.3) is 0 Å². The maximum absolute atomic E-state index is 11.6. The number of hydrogen-bond acceptors (Lipinski definition) is 3. The Balaban J connectivity index is 1.93. The van der Waals surface area contributed by atoms with Crippen molar-refractivity contribution in [3.63, 3.8) is 0 Å². The van der Waals surface area contributed by atoms with Gasteiger partial charge < -0.3 is 9.47 Å². The zero-order valence-electron chi connectivity index (χ0n) is 12.4. The highest BCUT2D eigenvalue weighted by molar-refractivity contribution is 5.69. The molecular weight excluding hydrogens is 252 g/mol. The molecule has 0 amide bonds. The second-order valence-electron chi connectivity index (χ2n) is 5.51. The first-order valence-electron chi connectivity index (χ1n) is 7.52. The van der Waals surface area contributed by atoms with Gasteiger partial charge in [-0.3, -0.25) is 4.79 Å². The third-order valence-corrected chi connectivity index (χ3v) is 4.13. The van der Waals surface area contributed by atoms with Crippen LogP contribution >= 0.6 is 0 Å². The van der Waals surface area contributed by atoms with Crippen LogP contribution in [0.1, 0.15) is 50.5 Å². The van der Waals surface area contributed by atoms with Crippen LogP contribution in [0, 0.1) is 5.92 Å². The quantitative estimate of drug-likeness (QED) is 0.765. The van der Waals surface area contributed by atoms with Crippen molar-refractivity contribution in [2.45, 2.75) is 44.9 Å². The van der Waals surface area contributed by atoms with Crippen molar-refractivity contribution in [3.8, 4) is 5.75 Å². The molecular formula is C17H24O3. The average molecular weight is 276 g/mol. The Hall–Kier alpha value is -1.51. The average Bonchev–Trinajstić information content (AvgIpc) is 2.48. The van der Waals surface area contributed by atoms with Crippen LogP contribution < -0.4 is 4.74 Å². The normalized spacial score (nSPS) is 22.3. The highest BCUT2D eigenvalue weighted by Crippen LogP contribution is 2.38. The highest BCUT2D eigenvalue weighted by Gasteiger charge is 2.25. The molecule has 1 aromatic carbocycles. The molecule has 3 nitrogen and oxygen atoms in total. The lowest BCUT2D eigenvalue weighted by Gasteiger charge is -2.29. The summed E-state index contributed by atoms with van der Waals surface area (Å²) >= 11 is 0. The molecule has 2 rings (SSSR count). The number of ether oxygens (including phenoxy) is 2. The first-order valence-corrected chi connectivity index (χ1v) is 7.52. The molecule has 2 atom stereocenters. The van der Waals surface area contributed by atoms with Crippen LogP contribution in [-0.2, 0) is 9.53 Å². The number of methoxy groups -OCH3 is 1. The molecule has 2 unspecified atom stereocenters. The molecule has 0 aliphatic heterocycles. The van der Waals surface area contributed by atoms with E-state index in [0.29, 0.717) is 24.9 Å². The number of carbonyl (C=O) groups is 1. The van der Waals surface area contributed by atoms with Crippen molar-refractivity contribution in [1.82, 2.24) is 0 Å². The summed E-state index contributed by atoms with van der Waals surface area (Å²) in [6.45, 7) is 2.34. The maximum atomic E-state index is 11.6. The Morgan fingerprint density at radius 2 is 2.00 bits per heavy atom. The lowest BCUT2D eigenvalue weighted by atomic mass is 9.77.